The third-order valence-corrected chi connectivity index (χ3v) is 3.01. The summed E-state index contributed by atoms with van der Waals surface area (Å²) in [5.74, 6) is 0.823. The van der Waals surface area contributed by atoms with Crippen molar-refractivity contribution in [3.63, 3.8) is 0 Å². The lowest BCUT2D eigenvalue weighted by atomic mass is 9.99. The van der Waals surface area contributed by atoms with Gasteiger partial charge in [-0.3, -0.25) is 4.98 Å². The third kappa shape index (κ3) is 5.26. The molecule has 1 unspecified atom stereocenters. The van der Waals surface area contributed by atoms with Crippen LogP contribution in [0.4, 0.5) is 0 Å². The van der Waals surface area contributed by atoms with Gasteiger partial charge in [0, 0.05) is 12.7 Å². The Morgan fingerprint density at radius 1 is 1.31 bits per heavy atom. The van der Waals surface area contributed by atoms with Crippen molar-refractivity contribution in [3.05, 3.63) is 30.1 Å². The minimum Gasteiger partial charge on any atom is -0.311 e. The molecule has 0 bridgehead atoms. The smallest absolute Gasteiger partial charge is 0.0541 e. The lowest BCUT2D eigenvalue weighted by Crippen LogP contribution is -2.22. The topological polar surface area (TPSA) is 24.9 Å². The molecule has 1 heterocycles. The van der Waals surface area contributed by atoms with Gasteiger partial charge in [0.1, 0.15) is 0 Å². The Hall–Kier alpha value is -0.890. The number of nitrogens with one attached hydrogen (secondary N) is 1. The first-order valence-electron chi connectivity index (χ1n) is 6.47. The van der Waals surface area contributed by atoms with E-state index in [0.29, 0.717) is 0 Å². The van der Waals surface area contributed by atoms with E-state index < -0.39 is 0 Å². The molecule has 0 fully saturated rings. The van der Waals surface area contributed by atoms with Crippen LogP contribution in [0.2, 0.25) is 0 Å². The molecule has 0 radical (unpaired) electrons. The van der Waals surface area contributed by atoms with Crippen molar-refractivity contribution in [2.45, 2.75) is 46.1 Å². The van der Waals surface area contributed by atoms with E-state index in [1.54, 1.807) is 0 Å². The molecule has 1 aromatic rings. The maximum atomic E-state index is 4.30. The van der Waals surface area contributed by atoms with Crippen molar-refractivity contribution in [1.29, 1.82) is 0 Å². The van der Waals surface area contributed by atoms with Crippen LogP contribution >= 0.6 is 0 Å². The van der Waals surface area contributed by atoms with Gasteiger partial charge < -0.3 is 5.32 Å². The van der Waals surface area contributed by atoms with Crippen LogP contribution in [0.1, 0.15) is 45.2 Å². The lowest BCUT2D eigenvalue weighted by Gasteiger charge is -2.14. The summed E-state index contributed by atoms with van der Waals surface area (Å²) in [5.41, 5.74) is 1.13. The first-order chi connectivity index (χ1) is 7.86. The second kappa shape index (κ2) is 8.28. The SMILES string of the molecule is CCCCC(CC)CNCc1ccccn1. The zero-order valence-corrected chi connectivity index (χ0v) is 10.6. The molecule has 1 atom stereocenters. The molecular formula is C14H24N2. The summed E-state index contributed by atoms with van der Waals surface area (Å²) in [7, 11) is 0. The highest BCUT2D eigenvalue weighted by atomic mass is 14.9. The first-order valence-corrected chi connectivity index (χ1v) is 6.47. The van der Waals surface area contributed by atoms with Crippen LogP contribution < -0.4 is 5.32 Å². The number of nitrogens with zero attached hydrogens (tertiary/aromatic N) is 1. The summed E-state index contributed by atoms with van der Waals surface area (Å²) in [4.78, 5) is 4.30. The van der Waals surface area contributed by atoms with Crippen molar-refractivity contribution in [1.82, 2.24) is 10.3 Å². The van der Waals surface area contributed by atoms with Gasteiger partial charge in [0.05, 0.1) is 5.69 Å². The molecule has 2 heteroatoms. The average Bonchev–Trinajstić information content (AvgIpc) is 2.35. The van der Waals surface area contributed by atoms with E-state index in [2.05, 4.69) is 30.2 Å². The zero-order valence-electron chi connectivity index (χ0n) is 10.6. The van der Waals surface area contributed by atoms with Crippen LogP contribution in [0.5, 0.6) is 0 Å². The molecule has 1 N–H and O–H groups in total. The number of hydrogen-bond acceptors (Lipinski definition) is 2. The maximum absolute atomic E-state index is 4.30. The lowest BCUT2D eigenvalue weighted by molar-refractivity contribution is 0.418. The van der Waals surface area contributed by atoms with E-state index in [1.807, 2.05) is 18.3 Å². The van der Waals surface area contributed by atoms with Gasteiger partial charge in [0.25, 0.3) is 0 Å². The highest BCUT2D eigenvalue weighted by Gasteiger charge is 2.04. The molecule has 0 aliphatic rings. The van der Waals surface area contributed by atoms with Crippen LogP contribution in [-0.2, 0) is 6.54 Å². The Morgan fingerprint density at radius 2 is 2.19 bits per heavy atom. The normalized spacial score (nSPS) is 12.6. The van der Waals surface area contributed by atoms with E-state index in [9.17, 15) is 0 Å². The number of rotatable bonds is 8. The summed E-state index contributed by atoms with van der Waals surface area (Å²) in [6, 6.07) is 6.07. The molecule has 0 spiro atoms. The zero-order chi connectivity index (χ0) is 11.6. The van der Waals surface area contributed by atoms with E-state index in [4.69, 9.17) is 0 Å². The Labute approximate surface area is 99.5 Å². The summed E-state index contributed by atoms with van der Waals surface area (Å²) < 4.78 is 0. The maximum Gasteiger partial charge on any atom is 0.0541 e. The Morgan fingerprint density at radius 3 is 2.81 bits per heavy atom. The summed E-state index contributed by atoms with van der Waals surface area (Å²) >= 11 is 0. The summed E-state index contributed by atoms with van der Waals surface area (Å²) in [6.07, 6.45) is 7.13. The first kappa shape index (κ1) is 13.2. The van der Waals surface area contributed by atoms with Gasteiger partial charge in [-0.05, 0) is 31.0 Å². The van der Waals surface area contributed by atoms with Gasteiger partial charge in [-0.2, -0.15) is 0 Å². The second-order valence-corrected chi connectivity index (χ2v) is 4.37. The Bertz CT molecular complexity index is 259. The van der Waals surface area contributed by atoms with Gasteiger partial charge in [-0.15, -0.1) is 0 Å². The van der Waals surface area contributed by atoms with Crippen LogP contribution in [-0.4, -0.2) is 11.5 Å². The Kier molecular flexibility index (Phi) is 6.82. The molecule has 0 aliphatic carbocycles. The number of unbranched alkanes of at least 4 members (excludes halogenated alkanes) is 1. The van der Waals surface area contributed by atoms with E-state index in [1.165, 1.54) is 25.7 Å². The molecule has 0 saturated heterocycles. The van der Waals surface area contributed by atoms with Gasteiger partial charge in [-0.1, -0.05) is 39.2 Å². The van der Waals surface area contributed by atoms with Gasteiger partial charge in [0.2, 0.25) is 0 Å². The van der Waals surface area contributed by atoms with Crippen molar-refractivity contribution >= 4 is 0 Å². The largest absolute Gasteiger partial charge is 0.311 e. The molecule has 0 saturated carbocycles. The van der Waals surface area contributed by atoms with E-state index in [0.717, 1.165) is 24.7 Å². The van der Waals surface area contributed by atoms with E-state index >= 15 is 0 Å². The number of hydrogen-bond donors (Lipinski definition) is 1. The molecular weight excluding hydrogens is 196 g/mol. The van der Waals surface area contributed by atoms with Crippen molar-refractivity contribution in [2.24, 2.45) is 5.92 Å². The third-order valence-electron chi connectivity index (χ3n) is 3.01. The highest BCUT2D eigenvalue weighted by Crippen LogP contribution is 2.11. The second-order valence-electron chi connectivity index (χ2n) is 4.37. The fourth-order valence-corrected chi connectivity index (χ4v) is 1.85. The molecule has 0 aliphatic heterocycles. The molecule has 1 rings (SSSR count). The number of pyridine rings is 1. The average molecular weight is 220 g/mol. The molecule has 16 heavy (non-hydrogen) atoms. The monoisotopic (exact) mass is 220 g/mol. The standard InChI is InChI=1S/C14H24N2/c1-3-5-8-13(4-2)11-15-12-14-9-6-7-10-16-14/h6-7,9-10,13,15H,3-5,8,11-12H2,1-2H3. The molecule has 90 valence electrons. The van der Waals surface area contributed by atoms with E-state index in [-0.39, 0.29) is 0 Å². The molecule has 0 aromatic carbocycles. The highest BCUT2D eigenvalue weighted by molar-refractivity contribution is 5.02. The molecule has 0 amide bonds. The minimum atomic E-state index is 0.823. The van der Waals surface area contributed by atoms with Gasteiger partial charge in [-0.25, -0.2) is 0 Å². The van der Waals surface area contributed by atoms with Crippen LogP contribution in [0.25, 0.3) is 0 Å². The quantitative estimate of drug-likeness (QED) is 0.726. The van der Waals surface area contributed by atoms with Crippen molar-refractivity contribution < 1.29 is 0 Å². The van der Waals surface area contributed by atoms with Crippen LogP contribution in [0, 0.1) is 5.92 Å². The molecule has 2 nitrogen and oxygen atoms in total. The molecule has 1 aromatic heterocycles. The van der Waals surface area contributed by atoms with Gasteiger partial charge in [0.15, 0.2) is 0 Å². The fraction of sp³-hybridized carbons (Fsp3) is 0.643. The minimum absolute atomic E-state index is 0.823. The predicted molar refractivity (Wildman–Crippen MR) is 69.2 cm³/mol. The predicted octanol–water partition coefficient (Wildman–Crippen LogP) is 3.39. The number of aromatic nitrogens is 1. The summed E-state index contributed by atoms with van der Waals surface area (Å²) in [6.45, 7) is 6.55. The van der Waals surface area contributed by atoms with Gasteiger partial charge >= 0.3 is 0 Å². The van der Waals surface area contributed by atoms with Crippen LogP contribution in [0.3, 0.4) is 0 Å². The van der Waals surface area contributed by atoms with Crippen LogP contribution in [0.15, 0.2) is 24.4 Å². The van der Waals surface area contributed by atoms with Crippen molar-refractivity contribution in [2.75, 3.05) is 6.54 Å². The Balaban J connectivity index is 2.18. The van der Waals surface area contributed by atoms with Crippen molar-refractivity contribution in [3.8, 4) is 0 Å². The summed E-state index contributed by atoms with van der Waals surface area (Å²) in [5, 5.41) is 3.50. The fourth-order valence-electron chi connectivity index (χ4n) is 1.85.